The third-order valence-corrected chi connectivity index (χ3v) is 5.85. The van der Waals surface area contributed by atoms with Gasteiger partial charge in [0.15, 0.2) is 0 Å². The summed E-state index contributed by atoms with van der Waals surface area (Å²) in [4.78, 5) is 19.5. The zero-order valence-electron chi connectivity index (χ0n) is 12.6. The summed E-state index contributed by atoms with van der Waals surface area (Å²) in [6, 6.07) is 6.85. The van der Waals surface area contributed by atoms with E-state index in [-0.39, 0.29) is 17.3 Å². The minimum absolute atomic E-state index is 0.0983. The van der Waals surface area contributed by atoms with Gasteiger partial charge in [0.05, 0.1) is 17.1 Å². The van der Waals surface area contributed by atoms with Crippen molar-refractivity contribution in [3.8, 4) is 0 Å². The van der Waals surface area contributed by atoms with Crippen LogP contribution in [0.3, 0.4) is 0 Å². The highest BCUT2D eigenvalue weighted by Crippen LogP contribution is 2.25. The fourth-order valence-electron chi connectivity index (χ4n) is 2.59. The number of hydrogen-bond donors (Lipinski definition) is 1. The van der Waals surface area contributed by atoms with Gasteiger partial charge in [0.2, 0.25) is 15.8 Å². The Bertz CT molecular complexity index is 880. The quantitative estimate of drug-likeness (QED) is 0.887. The summed E-state index contributed by atoms with van der Waals surface area (Å²) < 4.78 is 27.0. The molecule has 0 radical (unpaired) electrons. The molecule has 0 fully saturated rings. The number of sulfonamides is 1. The van der Waals surface area contributed by atoms with Crippen LogP contribution >= 0.6 is 0 Å². The van der Waals surface area contributed by atoms with Gasteiger partial charge in [0.25, 0.3) is 5.91 Å². The molecule has 120 valence electrons. The van der Waals surface area contributed by atoms with Crippen molar-refractivity contribution in [1.82, 2.24) is 14.3 Å². The van der Waals surface area contributed by atoms with E-state index in [1.54, 1.807) is 37.4 Å². The highest BCUT2D eigenvalue weighted by molar-refractivity contribution is 7.89. The lowest BCUT2D eigenvalue weighted by molar-refractivity contribution is 0.0990. The lowest BCUT2D eigenvalue weighted by atomic mass is 10.1. The number of amides is 1. The van der Waals surface area contributed by atoms with E-state index in [1.807, 2.05) is 0 Å². The topological polar surface area (TPSA) is 106 Å². The number of hydrogen-bond acceptors (Lipinski definition) is 5. The van der Waals surface area contributed by atoms with Crippen molar-refractivity contribution in [2.45, 2.75) is 24.8 Å². The fourth-order valence-corrected chi connectivity index (χ4v) is 4.22. The molecule has 1 aromatic carbocycles. The average Bonchev–Trinajstić information content (AvgIpc) is 2.54. The minimum Gasteiger partial charge on any atom is -0.363 e. The molecule has 7 nitrogen and oxygen atoms in total. The van der Waals surface area contributed by atoms with Crippen LogP contribution in [0.1, 0.15) is 27.4 Å². The molecule has 0 saturated carbocycles. The molecule has 0 bridgehead atoms. The van der Waals surface area contributed by atoms with E-state index in [1.165, 1.54) is 4.31 Å². The zero-order chi connectivity index (χ0) is 16.6. The van der Waals surface area contributed by atoms with Crippen LogP contribution in [0.15, 0.2) is 35.4 Å². The molecule has 0 aliphatic carbocycles. The Balaban J connectivity index is 1.97. The van der Waals surface area contributed by atoms with Crippen molar-refractivity contribution in [3.63, 3.8) is 0 Å². The van der Waals surface area contributed by atoms with Crippen molar-refractivity contribution in [2.24, 2.45) is 5.73 Å². The van der Waals surface area contributed by atoms with E-state index in [2.05, 4.69) is 9.97 Å². The first-order valence-corrected chi connectivity index (χ1v) is 8.54. The van der Waals surface area contributed by atoms with Gasteiger partial charge in [-0.05, 0) is 30.5 Å². The molecule has 2 aromatic rings. The Morgan fingerprint density at radius 3 is 2.74 bits per heavy atom. The van der Waals surface area contributed by atoms with Crippen molar-refractivity contribution in [1.29, 1.82) is 0 Å². The molecular weight excluding hydrogens is 316 g/mol. The molecule has 1 aliphatic rings. The average molecular weight is 332 g/mol. The van der Waals surface area contributed by atoms with Gasteiger partial charge in [0, 0.05) is 12.7 Å². The second-order valence-electron chi connectivity index (χ2n) is 5.38. The van der Waals surface area contributed by atoms with Crippen LogP contribution in [0, 0.1) is 6.92 Å². The van der Waals surface area contributed by atoms with E-state index >= 15 is 0 Å². The number of benzene rings is 1. The first-order valence-electron chi connectivity index (χ1n) is 7.10. The number of aromatic nitrogens is 2. The number of aryl methyl sites for hydroxylation is 1. The third kappa shape index (κ3) is 2.82. The number of carbonyl (C=O) groups excluding carboxylic acids is 1. The Hall–Kier alpha value is -2.32. The molecule has 23 heavy (non-hydrogen) atoms. The predicted molar refractivity (Wildman–Crippen MR) is 83.0 cm³/mol. The number of fused-ring (bicyclic) bond motifs is 1. The highest BCUT2D eigenvalue weighted by Gasteiger charge is 2.30. The van der Waals surface area contributed by atoms with Gasteiger partial charge in [-0.25, -0.2) is 18.4 Å². The number of rotatable bonds is 3. The van der Waals surface area contributed by atoms with E-state index in [4.69, 9.17) is 5.73 Å². The van der Waals surface area contributed by atoms with E-state index in [0.717, 1.165) is 5.56 Å². The fraction of sp³-hybridized carbons (Fsp3) is 0.267. The molecule has 1 amide bonds. The Labute approximate surface area is 134 Å². The maximum Gasteiger partial charge on any atom is 0.286 e. The molecule has 0 saturated heterocycles. The van der Waals surface area contributed by atoms with Gasteiger partial charge in [-0.1, -0.05) is 18.2 Å². The lowest BCUT2D eigenvalue weighted by Gasteiger charge is -2.27. The Kier molecular flexibility index (Phi) is 3.87. The van der Waals surface area contributed by atoms with Gasteiger partial charge >= 0.3 is 0 Å². The van der Waals surface area contributed by atoms with Crippen LogP contribution in [-0.4, -0.2) is 35.1 Å². The van der Waals surface area contributed by atoms with Crippen LogP contribution in [-0.2, 0) is 23.0 Å². The van der Waals surface area contributed by atoms with Crippen molar-refractivity contribution < 1.29 is 13.2 Å². The summed E-state index contributed by atoms with van der Waals surface area (Å²) in [5.74, 6) is -0.828. The monoisotopic (exact) mass is 332 g/mol. The van der Waals surface area contributed by atoms with E-state index in [0.29, 0.717) is 24.2 Å². The summed E-state index contributed by atoms with van der Waals surface area (Å²) in [6.07, 6.45) is 2.04. The maximum atomic E-state index is 12.8. The molecule has 2 N–H and O–H groups in total. The first kappa shape index (κ1) is 15.6. The Morgan fingerprint density at radius 2 is 2.04 bits per heavy atom. The van der Waals surface area contributed by atoms with Gasteiger partial charge < -0.3 is 5.73 Å². The summed E-state index contributed by atoms with van der Waals surface area (Å²) in [5.41, 5.74) is 7.24. The summed E-state index contributed by atoms with van der Waals surface area (Å²) in [5, 5.41) is 0. The number of nitrogens with zero attached hydrogens (tertiary/aromatic N) is 3. The van der Waals surface area contributed by atoms with Crippen LogP contribution < -0.4 is 5.73 Å². The van der Waals surface area contributed by atoms with Crippen LogP contribution in [0.4, 0.5) is 0 Å². The maximum absolute atomic E-state index is 12.8. The third-order valence-electron chi connectivity index (χ3n) is 3.84. The molecule has 0 atom stereocenters. The van der Waals surface area contributed by atoms with Crippen LogP contribution in [0.25, 0.3) is 0 Å². The van der Waals surface area contributed by atoms with Gasteiger partial charge in [-0.2, -0.15) is 4.31 Å². The van der Waals surface area contributed by atoms with Crippen molar-refractivity contribution >= 4 is 15.9 Å². The Morgan fingerprint density at radius 1 is 1.30 bits per heavy atom. The molecule has 8 heteroatoms. The molecule has 1 aliphatic heterocycles. The van der Waals surface area contributed by atoms with Crippen molar-refractivity contribution in [2.75, 3.05) is 6.54 Å². The van der Waals surface area contributed by atoms with E-state index < -0.39 is 15.9 Å². The lowest BCUT2D eigenvalue weighted by Crippen LogP contribution is -2.37. The smallest absolute Gasteiger partial charge is 0.286 e. The number of nitrogens with two attached hydrogens (primary N) is 1. The van der Waals surface area contributed by atoms with Gasteiger partial charge in [-0.3, -0.25) is 4.79 Å². The molecule has 2 heterocycles. The zero-order valence-corrected chi connectivity index (χ0v) is 13.4. The van der Waals surface area contributed by atoms with Crippen LogP contribution in [0.5, 0.6) is 0 Å². The normalized spacial score (nSPS) is 15.2. The molecular formula is C15H16N4O3S. The standard InChI is InChI=1S/C15H16N4O3S/c1-10-4-2-3-5-13(10)23(21,22)19-7-6-11-8-17-15(14(16)20)18-12(11)9-19/h2-5,8H,6-7,9H2,1H3,(H2,16,20). The molecule has 3 rings (SSSR count). The highest BCUT2D eigenvalue weighted by atomic mass is 32.2. The SMILES string of the molecule is Cc1ccccc1S(=O)(=O)N1CCc2cnc(C(N)=O)nc2C1. The number of primary amides is 1. The van der Waals surface area contributed by atoms with E-state index in [9.17, 15) is 13.2 Å². The molecule has 0 unspecified atom stereocenters. The number of carbonyl (C=O) groups is 1. The summed E-state index contributed by atoms with van der Waals surface area (Å²) in [7, 11) is -3.61. The molecule has 0 spiro atoms. The van der Waals surface area contributed by atoms with Crippen LogP contribution in [0.2, 0.25) is 0 Å². The van der Waals surface area contributed by atoms with Crippen molar-refractivity contribution in [3.05, 3.63) is 53.1 Å². The minimum atomic E-state index is -3.61. The largest absolute Gasteiger partial charge is 0.363 e. The second-order valence-corrected chi connectivity index (χ2v) is 7.29. The summed E-state index contributed by atoms with van der Waals surface area (Å²) >= 11 is 0. The van der Waals surface area contributed by atoms with Gasteiger partial charge in [-0.15, -0.1) is 0 Å². The van der Waals surface area contributed by atoms with Gasteiger partial charge in [0.1, 0.15) is 0 Å². The first-order chi connectivity index (χ1) is 10.9. The summed E-state index contributed by atoms with van der Waals surface area (Å²) in [6.45, 7) is 2.22. The predicted octanol–water partition coefficient (Wildman–Crippen LogP) is 0.631. The molecule has 1 aromatic heterocycles. The second kappa shape index (κ2) is 5.71.